The van der Waals surface area contributed by atoms with Crippen LogP contribution in [-0.2, 0) is 11.1 Å². The van der Waals surface area contributed by atoms with Crippen LogP contribution in [0.15, 0.2) is 84.9 Å². The van der Waals surface area contributed by atoms with Crippen LogP contribution < -0.4 is 15.9 Å². The highest BCUT2D eigenvalue weighted by atomic mass is 31.2. The van der Waals surface area contributed by atoms with Crippen LogP contribution in [0.3, 0.4) is 0 Å². The largest absolute Gasteiger partial charge is 0.322 e. The van der Waals surface area contributed by atoms with E-state index in [0.717, 1.165) is 26.9 Å². The Morgan fingerprint density at radius 3 is 1.63 bits per heavy atom. The first-order chi connectivity index (χ1) is 13.1. The van der Waals surface area contributed by atoms with Crippen molar-refractivity contribution >= 4 is 23.1 Å². The molecule has 4 rings (SSSR count). The van der Waals surface area contributed by atoms with E-state index in [-0.39, 0.29) is 0 Å². The van der Waals surface area contributed by atoms with E-state index in [1.807, 2.05) is 60.7 Å². The lowest BCUT2D eigenvalue weighted by Gasteiger charge is -2.29. The molecule has 0 radical (unpaired) electrons. The molecule has 0 aromatic heterocycles. The van der Waals surface area contributed by atoms with Crippen LogP contribution >= 0.6 is 7.14 Å². The number of hydrogen-bond acceptors (Lipinski definition) is 1. The van der Waals surface area contributed by atoms with Crippen molar-refractivity contribution in [3.63, 3.8) is 0 Å². The van der Waals surface area contributed by atoms with E-state index in [1.165, 1.54) is 31.5 Å². The highest BCUT2D eigenvalue weighted by Crippen LogP contribution is 2.42. The fourth-order valence-electron chi connectivity index (χ4n) is 4.23. The quantitative estimate of drug-likeness (QED) is 0.485. The molecule has 27 heavy (non-hydrogen) atoms. The lowest BCUT2D eigenvalue weighted by atomic mass is 10.2. The first-order valence-electron chi connectivity index (χ1n) is 9.75. The Kier molecular flexibility index (Phi) is 5.04. The highest BCUT2D eigenvalue weighted by Gasteiger charge is 2.30. The molecule has 1 aliphatic heterocycles. The molecule has 0 atom stereocenters. The van der Waals surface area contributed by atoms with Crippen molar-refractivity contribution in [1.82, 2.24) is 0 Å². The number of hydrogen-bond donors (Lipinski definition) is 0. The van der Waals surface area contributed by atoms with E-state index in [4.69, 9.17) is 0 Å². The van der Waals surface area contributed by atoms with Gasteiger partial charge in [-0.25, -0.2) is 0 Å². The van der Waals surface area contributed by atoms with Crippen molar-refractivity contribution in [3.05, 3.63) is 90.5 Å². The lowest BCUT2D eigenvalue weighted by Crippen LogP contribution is -2.39. The zero-order chi connectivity index (χ0) is 18.7. The molecule has 1 heterocycles. The van der Waals surface area contributed by atoms with Crippen LogP contribution in [0, 0.1) is 0 Å². The normalized spacial score (nSPS) is 16.3. The number of quaternary nitrogens is 1. The lowest BCUT2D eigenvalue weighted by molar-refractivity contribution is -0.910. The predicted molar refractivity (Wildman–Crippen MR) is 115 cm³/mol. The summed E-state index contributed by atoms with van der Waals surface area (Å²) in [5.74, 6) is 0. The molecule has 138 valence electrons. The first kappa shape index (κ1) is 18.2. The van der Waals surface area contributed by atoms with Gasteiger partial charge in [0.05, 0.1) is 20.1 Å². The van der Waals surface area contributed by atoms with Gasteiger partial charge in [-0.2, -0.15) is 0 Å². The maximum Gasteiger partial charge on any atom is 0.171 e. The second kappa shape index (κ2) is 7.46. The van der Waals surface area contributed by atoms with Gasteiger partial charge in [0.25, 0.3) is 0 Å². The Hall–Kier alpha value is -2.15. The zero-order valence-electron chi connectivity index (χ0n) is 15.9. The zero-order valence-corrected chi connectivity index (χ0v) is 16.8. The average Bonchev–Trinajstić information content (AvgIpc) is 3.15. The standard InChI is InChI=1S/C24H27NOP/c1-25(18-8-9-19-25)20-21-14-16-24(17-15-21)27(26,22-10-4-2-5-11-22)23-12-6-3-7-13-23/h2-7,10-17H,8-9,18-20H2,1H3/q+1. The summed E-state index contributed by atoms with van der Waals surface area (Å²) in [7, 11) is -0.507. The van der Waals surface area contributed by atoms with Crippen LogP contribution in [0.25, 0.3) is 0 Å². The van der Waals surface area contributed by atoms with Crippen LogP contribution in [0.1, 0.15) is 18.4 Å². The highest BCUT2D eigenvalue weighted by molar-refractivity contribution is 7.85. The summed E-state index contributed by atoms with van der Waals surface area (Å²) in [6.45, 7) is 3.57. The average molecular weight is 376 g/mol. The predicted octanol–water partition coefficient (Wildman–Crippen LogP) is 4.07. The Bertz CT molecular complexity index is 886. The third-order valence-electron chi connectivity index (χ3n) is 5.75. The molecular formula is C24H27NOP+. The minimum atomic E-state index is -2.85. The van der Waals surface area contributed by atoms with Crippen molar-refractivity contribution < 1.29 is 9.05 Å². The number of likely N-dealkylation sites (tertiary alicyclic amines) is 1. The van der Waals surface area contributed by atoms with E-state index < -0.39 is 7.14 Å². The Morgan fingerprint density at radius 1 is 0.704 bits per heavy atom. The third kappa shape index (κ3) is 3.65. The van der Waals surface area contributed by atoms with E-state index in [0.29, 0.717) is 0 Å². The molecule has 1 aliphatic rings. The number of nitrogens with zero attached hydrogens (tertiary/aromatic N) is 1. The molecule has 0 amide bonds. The molecule has 0 bridgehead atoms. The molecule has 1 fully saturated rings. The molecule has 1 saturated heterocycles. The van der Waals surface area contributed by atoms with Crippen molar-refractivity contribution in [2.24, 2.45) is 0 Å². The second-order valence-corrected chi connectivity index (χ2v) is 10.6. The summed E-state index contributed by atoms with van der Waals surface area (Å²) in [5, 5.41) is 2.69. The molecule has 3 heteroatoms. The van der Waals surface area contributed by atoms with Crippen LogP contribution in [0.2, 0.25) is 0 Å². The second-order valence-electron chi connectivity index (χ2n) is 7.88. The monoisotopic (exact) mass is 376 g/mol. The molecular weight excluding hydrogens is 349 g/mol. The van der Waals surface area contributed by atoms with Gasteiger partial charge in [0.15, 0.2) is 7.14 Å². The summed E-state index contributed by atoms with van der Waals surface area (Å²) >= 11 is 0. The molecule has 0 spiro atoms. The van der Waals surface area contributed by atoms with E-state index in [1.54, 1.807) is 0 Å². The Morgan fingerprint density at radius 2 is 1.15 bits per heavy atom. The van der Waals surface area contributed by atoms with Crippen LogP contribution in [0.5, 0.6) is 0 Å². The summed E-state index contributed by atoms with van der Waals surface area (Å²) in [6.07, 6.45) is 2.65. The van der Waals surface area contributed by atoms with Gasteiger partial charge in [-0.3, -0.25) is 0 Å². The fourth-order valence-corrected chi connectivity index (χ4v) is 6.88. The van der Waals surface area contributed by atoms with Crippen molar-refractivity contribution in [2.75, 3.05) is 20.1 Å². The molecule has 3 aromatic carbocycles. The minimum absolute atomic E-state index is 0.891. The molecule has 2 nitrogen and oxygen atoms in total. The molecule has 3 aromatic rings. The van der Waals surface area contributed by atoms with Crippen LogP contribution in [0.4, 0.5) is 0 Å². The SMILES string of the molecule is C[N+]1(Cc2ccc(P(=O)(c3ccccc3)c3ccccc3)cc2)CCCC1. The molecule has 0 saturated carbocycles. The van der Waals surface area contributed by atoms with Crippen molar-refractivity contribution in [1.29, 1.82) is 0 Å². The third-order valence-corrected chi connectivity index (χ3v) is 8.83. The van der Waals surface area contributed by atoms with Crippen molar-refractivity contribution in [3.8, 4) is 0 Å². The molecule has 0 aliphatic carbocycles. The van der Waals surface area contributed by atoms with Gasteiger partial charge < -0.3 is 9.05 Å². The van der Waals surface area contributed by atoms with Gasteiger partial charge >= 0.3 is 0 Å². The molecule has 0 N–H and O–H groups in total. The first-order valence-corrected chi connectivity index (χ1v) is 11.5. The number of rotatable bonds is 5. The van der Waals surface area contributed by atoms with Gasteiger partial charge in [-0.15, -0.1) is 0 Å². The maximum atomic E-state index is 14.3. The number of benzene rings is 3. The summed E-state index contributed by atoms with van der Waals surface area (Å²) in [4.78, 5) is 0. The van der Waals surface area contributed by atoms with Crippen molar-refractivity contribution in [2.45, 2.75) is 19.4 Å². The van der Waals surface area contributed by atoms with Gasteiger partial charge in [0.1, 0.15) is 6.54 Å². The Balaban J connectivity index is 1.72. The summed E-state index contributed by atoms with van der Waals surface area (Å²) < 4.78 is 15.5. The van der Waals surface area contributed by atoms with E-state index >= 15 is 0 Å². The van der Waals surface area contributed by atoms with E-state index in [2.05, 4.69) is 31.3 Å². The minimum Gasteiger partial charge on any atom is -0.322 e. The van der Waals surface area contributed by atoms with Gasteiger partial charge in [0, 0.05) is 34.3 Å². The molecule has 0 unspecified atom stereocenters. The Labute approximate surface area is 162 Å². The van der Waals surface area contributed by atoms with E-state index in [9.17, 15) is 4.57 Å². The smallest absolute Gasteiger partial charge is 0.171 e. The van der Waals surface area contributed by atoms with Crippen LogP contribution in [-0.4, -0.2) is 24.6 Å². The maximum absolute atomic E-state index is 14.3. The van der Waals surface area contributed by atoms with Gasteiger partial charge in [0.2, 0.25) is 0 Å². The topological polar surface area (TPSA) is 17.1 Å². The van der Waals surface area contributed by atoms with Gasteiger partial charge in [-0.1, -0.05) is 84.9 Å². The summed E-state index contributed by atoms with van der Waals surface area (Å²) in [6, 6.07) is 28.3. The fraction of sp³-hybridized carbons (Fsp3) is 0.250. The summed E-state index contributed by atoms with van der Waals surface area (Å²) in [5.41, 5.74) is 1.33. The van der Waals surface area contributed by atoms with Gasteiger partial charge in [-0.05, 0) is 0 Å².